The first-order valence-electron chi connectivity index (χ1n) is 5.01. The minimum Gasteiger partial charge on any atom is -0.490 e. The average molecular weight is 222 g/mol. The van der Waals surface area contributed by atoms with Crippen molar-refractivity contribution in [3.63, 3.8) is 0 Å². The van der Waals surface area contributed by atoms with Crippen molar-refractivity contribution in [2.75, 3.05) is 0 Å². The fraction of sp³-hybridized carbons (Fsp3) is 0.333. The second-order valence-corrected chi connectivity index (χ2v) is 3.66. The van der Waals surface area contributed by atoms with Gasteiger partial charge in [-0.3, -0.25) is 9.59 Å². The van der Waals surface area contributed by atoms with Gasteiger partial charge < -0.3 is 9.84 Å². The van der Waals surface area contributed by atoms with E-state index in [1.807, 2.05) is 13.8 Å². The topological polar surface area (TPSA) is 63.6 Å². The molecule has 16 heavy (non-hydrogen) atoms. The van der Waals surface area contributed by atoms with Crippen molar-refractivity contribution in [1.82, 2.24) is 0 Å². The number of hydrogen-bond donors (Lipinski definition) is 1. The highest BCUT2D eigenvalue weighted by atomic mass is 16.5. The number of carboxylic acids is 1. The standard InChI is InChI=1S/C12H14O4/c1-8(2)16-11-6-4-3-5-9(11)10(13)7-12(14)15/h3-6,8H,7H2,1-2H3,(H,14,15). The molecule has 0 aliphatic carbocycles. The maximum Gasteiger partial charge on any atom is 0.311 e. The maximum absolute atomic E-state index is 11.6. The van der Waals surface area contributed by atoms with Crippen LogP contribution in [0, 0.1) is 0 Å². The monoisotopic (exact) mass is 222 g/mol. The molecule has 0 unspecified atom stereocenters. The zero-order valence-corrected chi connectivity index (χ0v) is 9.27. The predicted octanol–water partition coefficient (Wildman–Crippen LogP) is 2.13. The normalized spacial score (nSPS) is 10.2. The quantitative estimate of drug-likeness (QED) is 0.612. The molecule has 0 spiro atoms. The highest BCUT2D eigenvalue weighted by Crippen LogP contribution is 2.20. The molecule has 1 aromatic rings. The zero-order valence-electron chi connectivity index (χ0n) is 9.27. The van der Waals surface area contributed by atoms with Crippen LogP contribution in [0.4, 0.5) is 0 Å². The van der Waals surface area contributed by atoms with Crippen LogP contribution < -0.4 is 4.74 Å². The van der Waals surface area contributed by atoms with Gasteiger partial charge in [-0.15, -0.1) is 0 Å². The van der Waals surface area contributed by atoms with Gasteiger partial charge in [-0.25, -0.2) is 0 Å². The van der Waals surface area contributed by atoms with Gasteiger partial charge >= 0.3 is 5.97 Å². The van der Waals surface area contributed by atoms with E-state index < -0.39 is 18.2 Å². The van der Waals surface area contributed by atoms with Crippen molar-refractivity contribution >= 4 is 11.8 Å². The molecule has 0 bridgehead atoms. The molecule has 0 atom stereocenters. The van der Waals surface area contributed by atoms with Crippen molar-refractivity contribution < 1.29 is 19.4 Å². The molecule has 0 radical (unpaired) electrons. The lowest BCUT2D eigenvalue weighted by molar-refractivity contribution is -0.135. The van der Waals surface area contributed by atoms with E-state index in [4.69, 9.17) is 9.84 Å². The van der Waals surface area contributed by atoms with Gasteiger partial charge in [0.05, 0.1) is 11.7 Å². The van der Waals surface area contributed by atoms with Crippen LogP contribution >= 0.6 is 0 Å². The van der Waals surface area contributed by atoms with Gasteiger partial charge in [-0.2, -0.15) is 0 Å². The summed E-state index contributed by atoms with van der Waals surface area (Å²) in [6.07, 6.45) is -0.572. The Hall–Kier alpha value is -1.84. The van der Waals surface area contributed by atoms with E-state index in [0.717, 1.165) is 0 Å². The molecular formula is C12H14O4. The maximum atomic E-state index is 11.6. The highest BCUT2D eigenvalue weighted by Gasteiger charge is 2.15. The summed E-state index contributed by atoms with van der Waals surface area (Å²) in [6.45, 7) is 3.69. The van der Waals surface area contributed by atoms with Gasteiger partial charge in [0.15, 0.2) is 5.78 Å². The molecule has 86 valence electrons. The first-order chi connectivity index (χ1) is 7.50. The van der Waals surface area contributed by atoms with Crippen LogP contribution in [0.2, 0.25) is 0 Å². The smallest absolute Gasteiger partial charge is 0.311 e. The van der Waals surface area contributed by atoms with Gasteiger partial charge in [-0.1, -0.05) is 12.1 Å². The van der Waals surface area contributed by atoms with Crippen LogP contribution in [0.5, 0.6) is 5.75 Å². The van der Waals surface area contributed by atoms with Gasteiger partial charge in [0.1, 0.15) is 12.2 Å². The molecule has 1 N–H and O–H groups in total. The second kappa shape index (κ2) is 5.30. The third-order valence-corrected chi connectivity index (χ3v) is 1.86. The van der Waals surface area contributed by atoms with Crippen LogP contribution in [0.1, 0.15) is 30.6 Å². The minimum absolute atomic E-state index is 0.0567. The Morgan fingerprint density at radius 2 is 1.94 bits per heavy atom. The van der Waals surface area contributed by atoms with Gasteiger partial charge in [0.25, 0.3) is 0 Å². The van der Waals surface area contributed by atoms with Crippen LogP contribution in [-0.4, -0.2) is 23.0 Å². The van der Waals surface area contributed by atoms with E-state index in [0.29, 0.717) is 11.3 Å². The van der Waals surface area contributed by atoms with Crippen molar-refractivity contribution in [3.05, 3.63) is 29.8 Å². The molecular weight excluding hydrogens is 208 g/mol. The first kappa shape index (κ1) is 12.2. The lowest BCUT2D eigenvalue weighted by Crippen LogP contribution is -2.12. The number of aliphatic carboxylic acids is 1. The number of benzene rings is 1. The number of ketones is 1. The van der Waals surface area contributed by atoms with Crippen LogP contribution in [0.15, 0.2) is 24.3 Å². The number of hydrogen-bond acceptors (Lipinski definition) is 3. The SMILES string of the molecule is CC(C)Oc1ccccc1C(=O)CC(=O)O. The largest absolute Gasteiger partial charge is 0.490 e. The Bertz CT molecular complexity index is 396. The molecule has 0 aliphatic heterocycles. The summed E-state index contributed by atoms with van der Waals surface area (Å²) in [5, 5.41) is 8.56. The van der Waals surface area contributed by atoms with E-state index in [-0.39, 0.29) is 6.10 Å². The fourth-order valence-corrected chi connectivity index (χ4v) is 1.29. The van der Waals surface area contributed by atoms with Crippen molar-refractivity contribution in [3.8, 4) is 5.75 Å². The number of carbonyl (C=O) groups is 2. The second-order valence-electron chi connectivity index (χ2n) is 3.66. The summed E-state index contributed by atoms with van der Waals surface area (Å²) in [7, 11) is 0. The lowest BCUT2D eigenvalue weighted by atomic mass is 10.1. The molecule has 4 heteroatoms. The summed E-state index contributed by atoms with van der Waals surface area (Å²) < 4.78 is 5.43. The van der Waals surface area contributed by atoms with Crippen molar-refractivity contribution in [2.45, 2.75) is 26.4 Å². The van der Waals surface area contributed by atoms with Gasteiger partial charge in [-0.05, 0) is 26.0 Å². The lowest BCUT2D eigenvalue weighted by Gasteiger charge is -2.12. The van der Waals surface area contributed by atoms with E-state index in [1.54, 1.807) is 24.3 Å². The molecule has 1 aromatic carbocycles. The molecule has 4 nitrogen and oxygen atoms in total. The number of carboxylic acid groups (broad SMARTS) is 1. The third kappa shape index (κ3) is 3.38. The predicted molar refractivity (Wildman–Crippen MR) is 58.8 cm³/mol. The summed E-state index contributed by atoms with van der Waals surface area (Å²) >= 11 is 0. The molecule has 0 saturated heterocycles. The number of carbonyl (C=O) groups excluding carboxylic acids is 1. The Morgan fingerprint density at radius 3 is 2.50 bits per heavy atom. The summed E-state index contributed by atoms with van der Waals surface area (Å²) in [6, 6.07) is 6.66. The molecule has 0 fully saturated rings. The summed E-state index contributed by atoms with van der Waals surface area (Å²) in [4.78, 5) is 22.1. The highest BCUT2D eigenvalue weighted by molar-refractivity contribution is 6.07. The van der Waals surface area contributed by atoms with Crippen LogP contribution in [-0.2, 0) is 4.79 Å². The number of rotatable bonds is 5. The Balaban J connectivity index is 2.94. The molecule has 0 aliphatic rings. The average Bonchev–Trinajstić information content (AvgIpc) is 2.16. The Labute approximate surface area is 93.9 Å². The van der Waals surface area contributed by atoms with Crippen molar-refractivity contribution in [1.29, 1.82) is 0 Å². The third-order valence-electron chi connectivity index (χ3n) is 1.86. The van der Waals surface area contributed by atoms with Crippen LogP contribution in [0.25, 0.3) is 0 Å². The molecule has 0 saturated carbocycles. The van der Waals surface area contributed by atoms with E-state index in [9.17, 15) is 9.59 Å². The molecule has 0 amide bonds. The first-order valence-corrected chi connectivity index (χ1v) is 5.01. The van der Waals surface area contributed by atoms with E-state index in [2.05, 4.69) is 0 Å². The zero-order chi connectivity index (χ0) is 12.1. The van der Waals surface area contributed by atoms with Gasteiger partial charge in [0.2, 0.25) is 0 Å². The molecule has 0 heterocycles. The number of ether oxygens (including phenoxy) is 1. The minimum atomic E-state index is -1.13. The number of para-hydroxylation sites is 1. The number of Topliss-reactive ketones (excluding diaryl/α,β-unsaturated/α-hetero) is 1. The Kier molecular flexibility index (Phi) is 4.05. The Morgan fingerprint density at radius 1 is 1.31 bits per heavy atom. The summed E-state index contributed by atoms with van der Waals surface area (Å²) in [5.74, 6) is -1.14. The molecule has 0 aromatic heterocycles. The van der Waals surface area contributed by atoms with E-state index >= 15 is 0 Å². The van der Waals surface area contributed by atoms with Crippen LogP contribution in [0.3, 0.4) is 0 Å². The van der Waals surface area contributed by atoms with Gasteiger partial charge in [0, 0.05) is 0 Å². The van der Waals surface area contributed by atoms with Crippen molar-refractivity contribution in [2.24, 2.45) is 0 Å². The van der Waals surface area contributed by atoms with E-state index in [1.165, 1.54) is 0 Å². The summed E-state index contributed by atoms with van der Waals surface area (Å²) in [5.41, 5.74) is 0.318. The molecule has 1 rings (SSSR count). The fourth-order valence-electron chi connectivity index (χ4n) is 1.29.